The first-order chi connectivity index (χ1) is 12.1. The van der Waals surface area contributed by atoms with E-state index in [1.807, 2.05) is 6.92 Å². The van der Waals surface area contributed by atoms with Gasteiger partial charge < -0.3 is 25.8 Å². The van der Waals surface area contributed by atoms with Crippen molar-refractivity contribution < 1.29 is 19.4 Å². The second kappa shape index (κ2) is 10.4. The van der Waals surface area contributed by atoms with E-state index in [4.69, 9.17) is 4.74 Å². The minimum absolute atomic E-state index is 0.0228. The number of carbonyl (C=O) groups excluding carboxylic acids is 2. The van der Waals surface area contributed by atoms with Crippen LogP contribution in [0.5, 0.6) is 0 Å². The van der Waals surface area contributed by atoms with Crippen molar-refractivity contribution in [3.05, 3.63) is 12.2 Å². The van der Waals surface area contributed by atoms with E-state index in [0.29, 0.717) is 6.54 Å². The molecule has 7 heteroatoms. The van der Waals surface area contributed by atoms with Crippen LogP contribution in [0, 0.1) is 0 Å². The molecule has 0 bridgehead atoms. The zero-order valence-corrected chi connectivity index (χ0v) is 15.0. The van der Waals surface area contributed by atoms with Gasteiger partial charge in [-0.1, -0.05) is 38.3 Å². The fourth-order valence-corrected chi connectivity index (χ4v) is 3.29. The average Bonchev–Trinajstić information content (AvgIpc) is 2.62. The van der Waals surface area contributed by atoms with Gasteiger partial charge in [0.15, 0.2) is 0 Å². The van der Waals surface area contributed by atoms with E-state index >= 15 is 0 Å². The molecular formula is C18H31N3O4. The summed E-state index contributed by atoms with van der Waals surface area (Å²) in [5.74, 6) is -0.0228. The monoisotopic (exact) mass is 353 g/mol. The molecule has 7 nitrogen and oxygen atoms in total. The van der Waals surface area contributed by atoms with Gasteiger partial charge in [0.2, 0.25) is 5.91 Å². The van der Waals surface area contributed by atoms with E-state index in [9.17, 15) is 14.7 Å². The van der Waals surface area contributed by atoms with Crippen LogP contribution in [0.2, 0.25) is 0 Å². The van der Waals surface area contributed by atoms with Gasteiger partial charge >= 0.3 is 6.03 Å². The summed E-state index contributed by atoms with van der Waals surface area (Å²) in [5, 5.41) is 18.1. The van der Waals surface area contributed by atoms with Crippen LogP contribution in [0.3, 0.4) is 0 Å². The van der Waals surface area contributed by atoms with Crippen LogP contribution in [0.15, 0.2) is 12.2 Å². The van der Waals surface area contributed by atoms with Gasteiger partial charge in [0, 0.05) is 12.6 Å². The summed E-state index contributed by atoms with van der Waals surface area (Å²) < 4.78 is 5.77. The van der Waals surface area contributed by atoms with Crippen molar-refractivity contribution >= 4 is 11.9 Å². The quantitative estimate of drug-likeness (QED) is 0.517. The number of aliphatic hydroxyl groups is 1. The molecule has 2 rings (SSSR count). The zero-order chi connectivity index (χ0) is 18.1. The molecule has 0 aromatic carbocycles. The number of ether oxygens (including phenoxy) is 1. The Kier molecular flexibility index (Phi) is 8.21. The highest BCUT2D eigenvalue weighted by Gasteiger charge is 2.29. The van der Waals surface area contributed by atoms with Crippen LogP contribution in [0.4, 0.5) is 4.79 Å². The molecule has 25 heavy (non-hydrogen) atoms. The highest BCUT2D eigenvalue weighted by molar-refractivity contribution is 5.77. The number of rotatable bonds is 7. The summed E-state index contributed by atoms with van der Waals surface area (Å²) in [6, 6.07) is -0.411. The zero-order valence-electron chi connectivity index (χ0n) is 15.0. The van der Waals surface area contributed by atoms with Crippen LogP contribution in [0.1, 0.15) is 51.9 Å². The summed E-state index contributed by atoms with van der Waals surface area (Å²) in [5.41, 5.74) is 0. The molecule has 0 aromatic heterocycles. The van der Waals surface area contributed by atoms with Gasteiger partial charge in [0.1, 0.15) is 6.10 Å². The predicted octanol–water partition coefficient (Wildman–Crippen LogP) is 1.22. The van der Waals surface area contributed by atoms with E-state index < -0.39 is 12.1 Å². The second-order valence-corrected chi connectivity index (χ2v) is 6.81. The Bertz CT molecular complexity index is 463. The normalized spacial score (nSPS) is 26.9. The van der Waals surface area contributed by atoms with Crippen molar-refractivity contribution in [2.24, 2.45) is 0 Å². The molecule has 1 heterocycles. The van der Waals surface area contributed by atoms with Gasteiger partial charge in [-0.15, -0.1) is 0 Å². The van der Waals surface area contributed by atoms with Gasteiger partial charge in [-0.25, -0.2) is 4.79 Å². The van der Waals surface area contributed by atoms with E-state index in [1.54, 1.807) is 12.2 Å². The van der Waals surface area contributed by atoms with Gasteiger partial charge in [-0.05, 0) is 19.3 Å². The Morgan fingerprint density at radius 1 is 1.16 bits per heavy atom. The van der Waals surface area contributed by atoms with Gasteiger partial charge in [-0.2, -0.15) is 0 Å². The smallest absolute Gasteiger partial charge is 0.315 e. The van der Waals surface area contributed by atoms with E-state index in [-0.39, 0.29) is 37.1 Å². The maximum Gasteiger partial charge on any atom is 0.315 e. The van der Waals surface area contributed by atoms with Crippen LogP contribution < -0.4 is 16.0 Å². The number of nitrogens with one attached hydrogen (secondary N) is 3. The molecule has 1 aliphatic carbocycles. The van der Waals surface area contributed by atoms with Gasteiger partial charge in [0.25, 0.3) is 0 Å². The predicted molar refractivity (Wildman–Crippen MR) is 95.1 cm³/mol. The van der Waals surface area contributed by atoms with Crippen molar-refractivity contribution in [1.29, 1.82) is 0 Å². The standard InChI is InChI=1S/C18H31N3O4/c1-2-10-19-18(24)21-15-9-8-14(25-16(15)12-22)11-17(23)20-13-6-4-3-5-7-13/h8-9,13-16,22H,2-7,10-12H2,1H3,(H,20,23)(H2,19,21,24)/t14-,15-,16+/m0/s1. The molecule has 1 saturated carbocycles. The van der Waals surface area contributed by atoms with Crippen LogP contribution in [-0.2, 0) is 9.53 Å². The summed E-state index contributed by atoms with van der Waals surface area (Å²) in [7, 11) is 0. The number of aliphatic hydroxyl groups excluding tert-OH is 1. The van der Waals surface area contributed by atoms with E-state index in [2.05, 4.69) is 16.0 Å². The molecular weight excluding hydrogens is 322 g/mol. The minimum Gasteiger partial charge on any atom is -0.394 e. The third kappa shape index (κ3) is 6.66. The van der Waals surface area contributed by atoms with Crippen molar-refractivity contribution in [1.82, 2.24) is 16.0 Å². The van der Waals surface area contributed by atoms with Crippen LogP contribution in [0.25, 0.3) is 0 Å². The first-order valence-corrected chi connectivity index (χ1v) is 9.40. The number of hydrogen-bond donors (Lipinski definition) is 4. The molecule has 0 unspecified atom stereocenters. The highest BCUT2D eigenvalue weighted by Crippen LogP contribution is 2.19. The maximum absolute atomic E-state index is 12.2. The summed E-state index contributed by atoms with van der Waals surface area (Å²) >= 11 is 0. The lowest BCUT2D eigenvalue weighted by Crippen LogP contribution is -2.51. The topological polar surface area (TPSA) is 99.7 Å². The SMILES string of the molecule is CCCNC(=O)N[C@H]1C=C[C@@H](CC(=O)NC2CCCCC2)O[C@@H]1CO. The molecule has 0 radical (unpaired) electrons. The Morgan fingerprint density at radius 2 is 1.92 bits per heavy atom. The number of urea groups is 1. The van der Waals surface area contributed by atoms with Gasteiger partial charge in [-0.3, -0.25) is 4.79 Å². The first-order valence-electron chi connectivity index (χ1n) is 9.40. The molecule has 0 aromatic rings. The summed E-state index contributed by atoms with van der Waals surface area (Å²) in [6.45, 7) is 2.35. The Labute approximate surface area is 149 Å². The number of amides is 3. The summed E-state index contributed by atoms with van der Waals surface area (Å²) in [6.07, 6.45) is 9.43. The molecule has 4 N–H and O–H groups in total. The molecule has 142 valence electrons. The fraction of sp³-hybridized carbons (Fsp3) is 0.778. The average molecular weight is 353 g/mol. The Balaban J connectivity index is 1.80. The lowest BCUT2D eigenvalue weighted by Gasteiger charge is -2.32. The van der Waals surface area contributed by atoms with Crippen molar-refractivity contribution in [3.63, 3.8) is 0 Å². The molecule has 2 aliphatic rings. The van der Waals surface area contributed by atoms with E-state index in [0.717, 1.165) is 19.3 Å². The second-order valence-electron chi connectivity index (χ2n) is 6.81. The first kappa shape index (κ1) is 19.7. The van der Waals surface area contributed by atoms with Crippen molar-refractivity contribution in [2.75, 3.05) is 13.2 Å². The maximum atomic E-state index is 12.2. The largest absolute Gasteiger partial charge is 0.394 e. The fourth-order valence-electron chi connectivity index (χ4n) is 3.29. The molecule has 1 aliphatic heterocycles. The summed E-state index contributed by atoms with van der Waals surface area (Å²) in [4.78, 5) is 23.9. The molecule has 0 saturated heterocycles. The molecule has 3 amide bonds. The van der Waals surface area contributed by atoms with E-state index in [1.165, 1.54) is 19.3 Å². The lowest BCUT2D eigenvalue weighted by molar-refractivity contribution is -0.126. The van der Waals surface area contributed by atoms with Gasteiger partial charge in [0.05, 0.1) is 25.2 Å². The highest BCUT2D eigenvalue weighted by atomic mass is 16.5. The third-order valence-electron chi connectivity index (χ3n) is 4.65. The molecule has 0 spiro atoms. The van der Waals surface area contributed by atoms with Crippen molar-refractivity contribution in [2.45, 2.75) is 76.2 Å². The van der Waals surface area contributed by atoms with Crippen LogP contribution >= 0.6 is 0 Å². The third-order valence-corrected chi connectivity index (χ3v) is 4.65. The minimum atomic E-state index is -0.551. The Hall–Kier alpha value is -1.60. The van der Waals surface area contributed by atoms with Crippen molar-refractivity contribution in [3.8, 4) is 0 Å². The van der Waals surface area contributed by atoms with Crippen LogP contribution in [-0.4, -0.2) is 54.5 Å². The Morgan fingerprint density at radius 3 is 2.60 bits per heavy atom. The molecule has 1 fully saturated rings. The lowest BCUT2D eigenvalue weighted by atomic mass is 9.95. The number of carbonyl (C=O) groups is 2. The number of hydrogen-bond acceptors (Lipinski definition) is 4. The molecule has 3 atom stereocenters.